The normalized spacial score (nSPS) is 11.3. The number of hydrogen-bond acceptors (Lipinski definition) is 7. The smallest absolute Gasteiger partial charge is 0.276 e. The molecule has 4 aromatic rings. The standard InChI is InChI=1S/C22H15N5O4/c28-21(14-6-2-1-3-7-14)19(26-25-15-10-12-16(13-11-15)27(30)31)20-22(29)24-18-9-5-4-8-17(18)23-20/h1-13,25H,(H,24,29)/b26-19-. The molecule has 0 aliphatic carbocycles. The van der Waals surface area contributed by atoms with Gasteiger partial charge in [0.1, 0.15) is 0 Å². The number of nitro groups is 1. The summed E-state index contributed by atoms with van der Waals surface area (Å²) in [5.74, 6) is -0.497. The summed E-state index contributed by atoms with van der Waals surface area (Å²) in [6.07, 6.45) is 0. The zero-order chi connectivity index (χ0) is 21.8. The van der Waals surface area contributed by atoms with Crippen LogP contribution in [-0.4, -0.2) is 26.4 Å². The number of fused-ring (bicyclic) bond motifs is 1. The van der Waals surface area contributed by atoms with Crippen LogP contribution in [0.4, 0.5) is 11.4 Å². The van der Waals surface area contributed by atoms with Gasteiger partial charge in [0.15, 0.2) is 11.4 Å². The third-order valence-corrected chi connectivity index (χ3v) is 4.45. The second kappa shape index (κ2) is 8.37. The van der Waals surface area contributed by atoms with Crippen molar-refractivity contribution in [2.24, 2.45) is 5.10 Å². The van der Waals surface area contributed by atoms with Crippen molar-refractivity contribution in [1.29, 1.82) is 0 Å². The third-order valence-electron chi connectivity index (χ3n) is 4.45. The van der Waals surface area contributed by atoms with Crippen molar-refractivity contribution >= 4 is 33.9 Å². The molecule has 0 unspecified atom stereocenters. The van der Waals surface area contributed by atoms with E-state index in [4.69, 9.17) is 0 Å². The van der Waals surface area contributed by atoms with Gasteiger partial charge in [-0.05, 0) is 24.3 Å². The number of nitrogens with one attached hydrogen (secondary N) is 2. The van der Waals surface area contributed by atoms with Crippen molar-refractivity contribution in [3.8, 4) is 0 Å². The number of nitro benzene ring substituents is 1. The average Bonchev–Trinajstić information content (AvgIpc) is 2.80. The number of aromatic amines is 1. The summed E-state index contributed by atoms with van der Waals surface area (Å²) in [6, 6.07) is 20.8. The average molecular weight is 413 g/mol. The first-order chi connectivity index (χ1) is 15.0. The summed E-state index contributed by atoms with van der Waals surface area (Å²) >= 11 is 0. The maximum atomic E-state index is 13.1. The molecule has 1 aromatic heterocycles. The molecule has 3 aromatic carbocycles. The van der Waals surface area contributed by atoms with Crippen molar-refractivity contribution in [2.45, 2.75) is 0 Å². The predicted molar refractivity (Wildman–Crippen MR) is 116 cm³/mol. The van der Waals surface area contributed by atoms with Crippen molar-refractivity contribution in [3.63, 3.8) is 0 Å². The van der Waals surface area contributed by atoms with Crippen LogP contribution in [0.5, 0.6) is 0 Å². The lowest BCUT2D eigenvalue weighted by atomic mass is 10.0. The van der Waals surface area contributed by atoms with Crippen LogP contribution in [0.2, 0.25) is 0 Å². The first kappa shape index (κ1) is 19.6. The molecule has 0 fully saturated rings. The van der Waals surface area contributed by atoms with Gasteiger partial charge in [0.2, 0.25) is 5.78 Å². The Balaban J connectivity index is 1.79. The summed E-state index contributed by atoms with van der Waals surface area (Å²) in [5, 5.41) is 15.0. The van der Waals surface area contributed by atoms with Gasteiger partial charge in [-0.1, -0.05) is 42.5 Å². The highest BCUT2D eigenvalue weighted by Gasteiger charge is 2.22. The number of rotatable bonds is 6. The van der Waals surface area contributed by atoms with Gasteiger partial charge in [-0.15, -0.1) is 0 Å². The number of hydrazone groups is 1. The molecule has 0 atom stereocenters. The lowest BCUT2D eigenvalue weighted by molar-refractivity contribution is -0.384. The Bertz CT molecular complexity index is 1360. The summed E-state index contributed by atoms with van der Waals surface area (Å²) < 4.78 is 0. The van der Waals surface area contributed by atoms with E-state index in [0.29, 0.717) is 22.3 Å². The fraction of sp³-hybridized carbons (Fsp3) is 0. The first-order valence-electron chi connectivity index (χ1n) is 9.20. The molecule has 152 valence electrons. The lowest BCUT2D eigenvalue weighted by Gasteiger charge is -2.08. The Labute approximate surface area is 175 Å². The van der Waals surface area contributed by atoms with Gasteiger partial charge < -0.3 is 4.98 Å². The van der Waals surface area contributed by atoms with Crippen molar-refractivity contribution < 1.29 is 9.72 Å². The molecule has 9 heteroatoms. The number of Topliss-reactive ketones (excluding diaryl/α,β-unsaturated/α-hetero) is 1. The molecule has 2 N–H and O–H groups in total. The van der Waals surface area contributed by atoms with E-state index in [0.717, 1.165) is 0 Å². The minimum absolute atomic E-state index is 0.0808. The molecule has 0 aliphatic heterocycles. The Morgan fingerprint density at radius 3 is 2.35 bits per heavy atom. The van der Waals surface area contributed by atoms with Crippen molar-refractivity contribution in [1.82, 2.24) is 9.97 Å². The number of hydrogen-bond donors (Lipinski definition) is 2. The summed E-state index contributed by atoms with van der Waals surface area (Å²) in [4.78, 5) is 43.2. The molecule has 31 heavy (non-hydrogen) atoms. The monoisotopic (exact) mass is 413 g/mol. The number of aromatic nitrogens is 2. The largest absolute Gasteiger partial charge is 0.319 e. The van der Waals surface area contributed by atoms with Gasteiger partial charge in [0.05, 0.1) is 21.6 Å². The molecular formula is C22H15N5O4. The number of ketones is 1. The van der Waals surface area contributed by atoms with Crippen LogP contribution in [0.25, 0.3) is 11.0 Å². The molecule has 0 saturated heterocycles. The molecule has 0 amide bonds. The molecule has 4 rings (SSSR count). The number of H-pyrrole nitrogens is 1. The zero-order valence-corrected chi connectivity index (χ0v) is 16.0. The van der Waals surface area contributed by atoms with Gasteiger partial charge in [0, 0.05) is 17.7 Å². The van der Waals surface area contributed by atoms with Crippen LogP contribution in [0.15, 0.2) is 88.8 Å². The van der Waals surface area contributed by atoms with Crippen LogP contribution < -0.4 is 11.0 Å². The van der Waals surface area contributed by atoms with Crippen LogP contribution in [-0.2, 0) is 0 Å². The maximum absolute atomic E-state index is 13.1. The van der Waals surface area contributed by atoms with Crippen LogP contribution in [0.3, 0.4) is 0 Å². The van der Waals surface area contributed by atoms with Crippen LogP contribution >= 0.6 is 0 Å². The Morgan fingerprint density at radius 1 is 0.968 bits per heavy atom. The highest BCUT2D eigenvalue weighted by atomic mass is 16.6. The molecular weight excluding hydrogens is 398 g/mol. The van der Waals surface area contributed by atoms with E-state index < -0.39 is 16.3 Å². The fourth-order valence-electron chi connectivity index (χ4n) is 2.91. The summed E-state index contributed by atoms with van der Waals surface area (Å²) in [6.45, 7) is 0. The van der Waals surface area contributed by atoms with Gasteiger partial charge in [-0.25, -0.2) is 4.98 Å². The van der Waals surface area contributed by atoms with Gasteiger partial charge in [-0.2, -0.15) is 5.10 Å². The maximum Gasteiger partial charge on any atom is 0.276 e. The number of anilines is 1. The Morgan fingerprint density at radius 2 is 1.65 bits per heavy atom. The van der Waals surface area contributed by atoms with E-state index in [2.05, 4.69) is 20.5 Å². The zero-order valence-electron chi connectivity index (χ0n) is 16.0. The topological polar surface area (TPSA) is 130 Å². The highest BCUT2D eigenvalue weighted by molar-refractivity contribution is 6.51. The molecule has 0 radical (unpaired) electrons. The van der Waals surface area contributed by atoms with E-state index in [1.807, 2.05) is 0 Å². The number of nitrogens with zero attached hydrogens (tertiary/aromatic N) is 3. The summed E-state index contributed by atoms with van der Waals surface area (Å²) in [7, 11) is 0. The Hall–Kier alpha value is -4.66. The quantitative estimate of drug-likeness (QED) is 0.215. The van der Waals surface area contributed by atoms with E-state index in [9.17, 15) is 19.7 Å². The second-order valence-electron chi connectivity index (χ2n) is 6.50. The SMILES string of the molecule is O=C(/C(=N\Nc1ccc([N+](=O)[O-])cc1)c1nc2ccccc2[nH]c1=O)c1ccccc1. The first-order valence-corrected chi connectivity index (χ1v) is 9.20. The third kappa shape index (κ3) is 4.20. The molecule has 0 bridgehead atoms. The number of carbonyl (C=O) groups excluding carboxylic acids is 1. The number of carbonyl (C=O) groups is 1. The van der Waals surface area contributed by atoms with Gasteiger partial charge >= 0.3 is 0 Å². The second-order valence-corrected chi connectivity index (χ2v) is 6.50. The predicted octanol–water partition coefficient (Wildman–Crippen LogP) is 3.53. The van der Waals surface area contributed by atoms with E-state index in [-0.39, 0.29) is 17.1 Å². The minimum atomic E-state index is -0.563. The van der Waals surface area contributed by atoms with Gasteiger partial charge in [0.25, 0.3) is 11.2 Å². The van der Waals surface area contributed by atoms with Crippen molar-refractivity contribution in [3.05, 3.63) is 111 Å². The van der Waals surface area contributed by atoms with E-state index in [1.54, 1.807) is 54.6 Å². The molecule has 9 nitrogen and oxygen atoms in total. The molecule has 0 saturated carbocycles. The van der Waals surface area contributed by atoms with Crippen molar-refractivity contribution in [2.75, 3.05) is 5.43 Å². The Kier molecular flexibility index (Phi) is 5.31. The van der Waals surface area contributed by atoms with E-state index in [1.165, 1.54) is 24.3 Å². The highest BCUT2D eigenvalue weighted by Crippen LogP contribution is 2.16. The number of benzene rings is 3. The molecule has 0 aliphatic rings. The number of para-hydroxylation sites is 2. The fourth-order valence-corrected chi connectivity index (χ4v) is 2.91. The lowest BCUT2D eigenvalue weighted by Crippen LogP contribution is -2.27. The minimum Gasteiger partial charge on any atom is -0.319 e. The van der Waals surface area contributed by atoms with Crippen LogP contribution in [0, 0.1) is 10.1 Å². The van der Waals surface area contributed by atoms with E-state index >= 15 is 0 Å². The molecule has 1 heterocycles. The summed E-state index contributed by atoms with van der Waals surface area (Å²) in [5.41, 5.74) is 3.50. The van der Waals surface area contributed by atoms with Gasteiger partial charge in [-0.3, -0.25) is 25.1 Å². The van der Waals surface area contributed by atoms with Crippen LogP contribution in [0.1, 0.15) is 16.1 Å². The number of non-ortho nitro benzene ring substituents is 1. The molecule has 0 spiro atoms.